The van der Waals surface area contributed by atoms with E-state index < -0.39 is 11.2 Å². The molecule has 6 nitrogen and oxygen atoms in total. The molecular formula is C21H17F3N4O2S. The number of anilines is 1. The molecule has 0 bridgehead atoms. The first-order valence-electron chi connectivity index (χ1n) is 9.14. The van der Waals surface area contributed by atoms with Crippen LogP contribution in [0.5, 0.6) is 5.88 Å². The van der Waals surface area contributed by atoms with Crippen LogP contribution in [0.1, 0.15) is 11.3 Å². The molecule has 160 valence electrons. The highest BCUT2D eigenvalue weighted by Crippen LogP contribution is 2.37. The molecule has 0 aliphatic rings. The molecule has 31 heavy (non-hydrogen) atoms. The summed E-state index contributed by atoms with van der Waals surface area (Å²) in [6, 6.07) is 12.3. The number of hydrogen-bond acceptors (Lipinski definition) is 5. The van der Waals surface area contributed by atoms with Crippen LogP contribution in [0, 0.1) is 6.92 Å². The van der Waals surface area contributed by atoms with Crippen molar-refractivity contribution in [3.05, 3.63) is 76.5 Å². The highest BCUT2D eigenvalue weighted by atomic mass is 32.2. The molecule has 0 spiro atoms. The van der Waals surface area contributed by atoms with Gasteiger partial charge in [0.25, 0.3) is 0 Å². The largest absolute Gasteiger partial charge is 0.493 e. The van der Waals surface area contributed by atoms with Crippen LogP contribution >= 0.6 is 11.8 Å². The molecule has 2 aromatic carbocycles. The van der Waals surface area contributed by atoms with Crippen LogP contribution in [-0.2, 0) is 6.54 Å². The molecule has 4 aromatic rings. The second-order valence-electron chi connectivity index (χ2n) is 6.90. The van der Waals surface area contributed by atoms with Gasteiger partial charge in [0.2, 0.25) is 5.88 Å². The number of rotatable bonds is 4. The van der Waals surface area contributed by atoms with Crippen molar-refractivity contribution in [1.29, 1.82) is 0 Å². The molecule has 2 aromatic heterocycles. The van der Waals surface area contributed by atoms with Crippen LogP contribution in [-0.4, -0.2) is 24.7 Å². The van der Waals surface area contributed by atoms with Gasteiger partial charge in [-0.3, -0.25) is 9.55 Å². The van der Waals surface area contributed by atoms with Gasteiger partial charge < -0.3 is 10.8 Å². The van der Waals surface area contributed by atoms with Crippen molar-refractivity contribution in [2.75, 3.05) is 5.73 Å². The number of aromatic hydroxyl groups is 1. The van der Waals surface area contributed by atoms with Gasteiger partial charge >= 0.3 is 11.2 Å². The SMILES string of the molecule is Cc1c(O)n(-c2ccc(SC(F)(F)F)cc2)c(=O)n1Cc1ccnc2cc(N)ccc12. The van der Waals surface area contributed by atoms with E-state index in [4.69, 9.17) is 5.73 Å². The van der Waals surface area contributed by atoms with Gasteiger partial charge in [0.05, 0.1) is 23.4 Å². The maximum absolute atomic E-state index is 13.1. The minimum atomic E-state index is -4.40. The molecule has 0 saturated heterocycles. The fraction of sp³-hybridized carbons (Fsp3) is 0.143. The lowest BCUT2D eigenvalue weighted by atomic mass is 10.1. The first kappa shape index (κ1) is 20.9. The molecule has 0 amide bonds. The average Bonchev–Trinajstić information content (AvgIpc) is 2.91. The Bertz CT molecular complexity index is 1330. The lowest BCUT2D eigenvalue weighted by Gasteiger charge is -2.08. The third-order valence-electron chi connectivity index (χ3n) is 4.88. The first-order valence-corrected chi connectivity index (χ1v) is 9.96. The maximum Gasteiger partial charge on any atom is 0.446 e. The molecule has 3 N–H and O–H groups in total. The van der Waals surface area contributed by atoms with Crippen LogP contribution in [0.25, 0.3) is 16.6 Å². The van der Waals surface area contributed by atoms with Gasteiger partial charge in [0.15, 0.2) is 0 Å². The lowest BCUT2D eigenvalue weighted by Crippen LogP contribution is -2.24. The van der Waals surface area contributed by atoms with Crippen LogP contribution < -0.4 is 11.4 Å². The number of nitrogen functional groups attached to an aromatic ring is 1. The minimum Gasteiger partial charge on any atom is -0.493 e. The van der Waals surface area contributed by atoms with Crippen molar-refractivity contribution in [3.63, 3.8) is 0 Å². The zero-order valence-corrected chi connectivity index (χ0v) is 17.0. The second kappa shape index (κ2) is 7.69. The quantitative estimate of drug-likeness (QED) is 0.358. The molecule has 0 aliphatic carbocycles. The van der Waals surface area contributed by atoms with Crippen LogP contribution in [0.15, 0.2) is 64.4 Å². The number of benzene rings is 2. The van der Waals surface area contributed by atoms with Crippen LogP contribution in [0.3, 0.4) is 0 Å². The van der Waals surface area contributed by atoms with Crippen LogP contribution in [0.2, 0.25) is 0 Å². The monoisotopic (exact) mass is 446 g/mol. The zero-order chi connectivity index (χ0) is 22.3. The normalized spacial score (nSPS) is 11.9. The summed E-state index contributed by atoms with van der Waals surface area (Å²) in [5.74, 6) is -0.274. The molecule has 0 atom stereocenters. The summed E-state index contributed by atoms with van der Waals surface area (Å²) >= 11 is -0.245. The number of thioether (sulfide) groups is 1. The predicted molar refractivity (Wildman–Crippen MR) is 114 cm³/mol. The van der Waals surface area contributed by atoms with E-state index in [9.17, 15) is 23.1 Å². The standard InChI is InChI=1S/C21H17F3N4O2S/c1-12-19(29)28(15-3-5-16(6-4-15)31-21(22,23)24)20(30)27(12)11-13-8-9-26-18-10-14(25)2-7-17(13)18/h2-10,29H,11,25H2,1H3. The van der Waals surface area contributed by atoms with Crippen molar-refractivity contribution in [2.24, 2.45) is 0 Å². The number of hydrogen-bond donors (Lipinski definition) is 2. The van der Waals surface area contributed by atoms with Gasteiger partial charge in [-0.25, -0.2) is 9.36 Å². The summed E-state index contributed by atoms with van der Waals surface area (Å²) in [5.41, 5.74) is 3.56. The molecule has 0 radical (unpaired) electrons. The third-order valence-corrected chi connectivity index (χ3v) is 5.62. The number of aromatic nitrogens is 3. The number of fused-ring (bicyclic) bond motifs is 1. The van der Waals surface area contributed by atoms with Crippen molar-refractivity contribution < 1.29 is 18.3 Å². The molecular weight excluding hydrogens is 429 g/mol. The number of nitrogens with zero attached hydrogens (tertiary/aromatic N) is 3. The van der Waals surface area contributed by atoms with Gasteiger partial charge in [-0.1, -0.05) is 6.07 Å². The lowest BCUT2D eigenvalue weighted by molar-refractivity contribution is -0.0328. The van der Waals surface area contributed by atoms with Gasteiger partial charge in [0, 0.05) is 22.2 Å². The number of pyridine rings is 1. The van der Waals surface area contributed by atoms with E-state index in [0.29, 0.717) is 16.9 Å². The number of halogens is 3. The van der Waals surface area contributed by atoms with E-state index in [0.717, 1.165) is 15.5 Å². The molecule has 0 fully saturated rings. The Morgan fingerprint density at radius 1 is 1.13 bits per heavy atom. The van der Waals surface area contributed by atoms with Gasteiger partial charge in [-0.05, 0) is 66.7 Å². The Morgan fingerprint density at radius 3 is 2.52 bits per heavy atom. The van der Waals surface area contributed by atoms with E-state index in [1.807, 2.05) is 6.07 Å². The minimum absolute atomic E-state index is 0.0116. The number of alkyl halides is 3. The maximum atomic E-state index is 13.1. The molecule has 0 unspecified atom stereocenters. The fourth-order valence-corrected chi connectivity index (χ4v) is 3.93. The summed E-state index contributed by atoms with van der Waals surface area (Å²) in [6.07, 6.45) is 1.62. The van der Waals surface area contributed by atoms with E-state index >= 15 is 0 Å². The van der Waals surface area contributed by atoms with Crippen molar-refractivity contribution in [2.45, 2.75) is 23.9 Å². The first-order chi connectivity index (χ1) is 14.6. The molecule has 4 rings (SSSR count). The smallest absolute Gasteiger partial charge is 0.446 e. The summed E-state index contributed by atoms with van der Waals surface area (Å²) < 4.78 is 40.1. The van der Waals surface area contributed by atoms with Gasteiger partial charge in [0.1, 0.15) is 0 Å². The number of nitrogens with two attached hydrogens (primary N) is 1. The molecule has 0 saturated carbocycles. The van der Waals surface area contributed by atoms with Gasteiger partial charge in [-0.2, -0.15) is 13.2 Å². The zero-order valence-electron chi connectivity index (χ0n) is 16.2. The molecule has 0 aliphatic heterocycles. The summed E-state index contributed by atoms with van der Waals surface area (Å²) in [5, 5.41) is 11.4. The summed E-state index contributed by atoms with van der Waals surface area (Å²) in [4.78, 5) is 17.3. The summed E-state index contributed by atoms with van der Waals surface area (Å²) in [7, 11) is 0. The Hall–Kier alpha value is -3.40. The highest BCUT2D eigenvalue weighted by Gasteiger charge is 2.29. The van der Waals surface area contributed by atoms with Crippen molar-refractivity contribution in [3.8, 4) is 11.6 Å². The topological polar surface area (TPSA) is 86.1 Å². The summed E-state index contributed by atoms with van der Waals surface area (Å²) in [6.45, 7) is 1.78. The van der Waals surface area contributed by atoms with Crippen molar-refractivity contribution in [1.82, 2.24) is 14.1 Å². The second-order valence-corrected chi connectivity index (χ2v) is 8.04. The van der Waals surface area contributed by atoms with E-state index in [2.05, 4.69) is 4.98 Å². The highest BCUT2D eigenvalue weighted by molar-refractivity contribution is 8.00. The molecule has 2 heterocycles. The average molecular weight is 446 g/mol. The van der Waals surface area contributed by atoms with Crippen molar-refractivity contribution >= 4 is 28.4 Å². The van der Waals surface area contributed by atoms with E-state index in [1.165, 1.54) is 28.8 Å². The Kier molecular flexibility index (Phi) is 5.18. The number of imidazole rings is 1. The van der Waals surface area contributed by atoms with Gasteiger partial charge in [-0.15, -0.1) is 0 Å². The van der Waals surface area contributed by atoms with Crippen LogP contribution in [0.4, 0.5) is 18.9 Å². The third kappa shape index (κ3) is 4.11. The van der Waals surface area contributed by atoms with E-state index in [1.54, 1.807) is 31.3 Å². The Balaban J connectivity index is 1.73. The van der Waals surface area contributed by atoms with E-state index in [-0.39, 0.29) is 34.8 Å². The Labute approximate surface area is 178 Å². The predicted octanol–water partition coefficient (Wildman–Crippen LogP) is 4.44. The molecule has 10 heteroatoms. The fourth-order valence-electron chi connectivity index (χ4n) is 3.39. The Morgan fingerprint density at radius 2 is 1.84 bits per heavy atom.